The highest BCUT2D eigenvalue weighted by molar-refractivity contribution is 5.29. The molecule has 19 heavy (non-hydrogen) atoms. The molecule has 108 valence electrons. The van der Waals surface area contributed by atoms with E-state index in [-0.39, 0.29) is 11.6 Å². The van der Waals surface area contributed by atoms with Crippen molar-refractivity contribution >= 4 is 0 Å². The number of ether oxygens (including phenoxy) is 2. The summed E-state index contributed by atoms with van der Waals surface area (Å²) in [6.45, 7) is 6.39. The van der Waals surface area contributed by atoms with Crippen LogP contribution in [-0.4, -0.2) is 26.4 Å². The summed E-state index contributed by atoms with van der Waals surface area (Å²) < 4.78 is 24.4. The molecule has 0 radical (unpaired) electrons. The lowest BCUT2D eigenvalue weighted by Crippen LogP contribution is -2.09. The van der Waals surface area contributed by atoms with Gasteiger partial charge in [-0.3, -0.25) is 0 Å². The van der Waals surface area contributed by atoms with Gasteiger partial charge in [0.15, 0.2) is 11.6 Å². The van der Waals surface area contributed by atoms with Crippen molar-refractivity contribution in [3.05, 3.63) is 29.6 Å². The maximum Gasteiger partial charge on any atom is 0.165 e. The number of hydrogen-bond donors (Lipinski definition) is 1. The molecule has 0 unspecified atom stereocenters. The number of benzene rings is 1. The van der Waals surface area contributed by atoms with Gasteiger partial charge in [-0.2, -0.15) is 0 Å². The first-order chi connectivity index (χ1) is 9.13. The van der Waals surface area contributed by atoms with Crippen molar-refractivity contribution in [1.82, 2.24) is 0 Å². The zero-order valence-corrected chi connectivity index (χ0v) is 11.8. The molecule has 0 aromatic heterocycles. The average molecular weight is 269 g/mol. The van der Waals surface area contributed by atoms with E-state index in [1.54, 1.807) is 6.07 Å². The molecule has 2 N–H and O–H groups in total. The van der Waals surface area contributed by atoms with Gasteiger partial charge in [0.2, 0.25) is 0 Å². The first-order valence-corrected chi connectivity index (χ1v) is 6.82. The summed E-state index contributed by atoms with van der Waals surface area (Å²) in [5.41, 5.74) is 6.32. The number of halogens is 1. The van der Waals surface area contributed by atoms with Crippen LogP contribution in [0.5, 0.6) is 5.75 Å². The molecule has 0 atom stereocenters. The van der Waals surface area contributed by atoms with E-state index in [0.717, 1.165) is 18.6 Å². The molecule has 0 saturated heterocycles. The number of nitrogens with two attached hydrogens (primary N) is 1. The minimum absolute atomic E-state index is 0.272. The number of hydrogen-bond acceptors (Lipinski definition) is 3. The molecule has 0 amide bonds. The minimum atomic E-state index is -0.340. The second-order valence-corrected chi connectivity index (χ2v) is 4.95. The largest absolute Gasteiger partial charge is 0.488 e. The van der Waals surface area contributed by atoms with Crippen LogP contribution in [0.1, 0.15) is 25.8 Å². The number of rotatable bonds is 9. The first kappa shape index (κ1) is 15.9. The van der Waals surface area contributed by atoms with Crippen LogP contribution >= 0.6 is 0 Å². The fourth-order valence-electron chi connectivity index (χ4n) is 1.62. The van der Waals surface area contributed by atoms with Crippen LogP contribution in [0, 0.1) is 11.7 Å². The van der Waals surface area contributed by atoms with E-state index in [9.17, 15) is 4.39 Å². The molecule has 0 spiro atoms. The van der Waals surface area contributed by atoms with E-state index in [1.165, 1.54) is 6.07 Å². The molecule has 0 bridgehead atoms. The Balaban J connectivity index is 2.25. The highest BCUT2D eigenvalue weighted by Gasteiger charge is 2.04. The van der Waals surface area contributed by atoms with Crippen molar-refractivity contribution in [3.8, 4) is 5.75 Å². The van der Waals surface area contributed by atoms with Gasteiger partial charge in [0.25, 0.3) is 0 Å². The van der Waals surface area contributed by atoms with Gasteiger partial charge in [0.1, 0.15) is 6.61 Å². The van der Waals surface area contributed by atoms with E-state index < -0.39 is 0 Å². The van der Waals surface area contributed by atoms with Crippen molar-refractivity contribution in [2.45, 2.75) is 26.7 Å². The summed E-state index contributed by atoms with van der Waals surface area (Å²) in [5, 5.41) is 0. The minimum Gasteiger partial charge on any atom is -0.488 e. The van der Waals surface area contributed by atoms with Crippen molar-refractivity contribution in [2.24, 2.45) is 11.7 Å². The highest BCUT2D eigenvalue weighted by atomic mass is 19.1. The van der Waals surface area contributed by atoms with Crippen molar-refractivity contribution < 1.29 is 13.9 Å². The Kier molecular flexibility index (Phi) is 7.45. The van der Waals surface area contributed by atoms with Gasteiger partial charge < -0.3 is 15.2 Å². The standard InChI is InChI=1S/C15H24FNO2/c1-12(2)6-8-18-9-10-19-15-4-3-13(5-7-17)11-14(15)16/h3-4,11-12H,5-10,17H2,1-2H3. The van der Waals surface area contributed by atoms with Crippen LogP contribution in [0.4, 0.5) is 4.39 Å². The van der Waals surface area contributed by atoms with Crippen LogP contribution in [0.2, 0.25) is 0 Å². The zero-order valence-electron chi connectivity index (χ0n) is 11.8. The highest BCUT2D eigenvalue weighted by Crippen LogP contribution is 2.18. The normalized spacial score (nSPS) is 11.0. The van der Waals surface area contributed by atoms with Gasteiger partial charge in [-0.25, -0.2) is 4.39 Å². The summed E-state index contributed by atoms with van der Waals surface area (Å²) in [6.07, 6.45) is 1.71. The van der Waals surface area contributed by atoms with Crippen molar-refractivity contribution in [3.63, 3.8) is 0 Å². The van der Waals surface area contributed by atoms with Crippen LogP contribution in [0.15, 0.2) is 18.2 Å². The topological polar surface area (TPSA) is 44.5 Å². The Morgan fingerprint density at radius 2 is 2.00 bits per heavy atom. The van der Waals surface area contributed by atoms with Gasteiger partial charge in [0, 0.05) is 6.61 Å². The lowest BCUT2D eigenvalue weighted by Gasteiger charge is -2.09. The average Bonchev–Trinajstić information content (AvgIpc) is 2.36. The Labute approximate surface area is 114 Å². The van der Waals surface area contributed by atoms with Gasteiger partial charge in [-0.15, -0.1) is 0 Å². The smallest absolute Gasteiger partial charge is 0.165 e. The van der Waals surface area contributed by atoms with Crippen LogP contribution in [0.3, 0.4) is 0 Å². The summed E-state index contributed by atoms with van der Waals surface area (Å²) in [4.78, 5) is 0. The maximum absolute atomic E-state index is 13.6. The molecule has 3 nitrogen and oxygen atoms in total. The van der Waals surface area contributed by atoms with E-state index in [4.69, 9.17) is 15.2 Å². The predicted octanol–water partition coefficient (Wildman–Crippen LogP) is 2.77. The van der Waals surface area contributed by atoms with Crippen molar-refractivity contribution in [2.75, 3.05) is 26.4 Å². The van der Waals surface area contributed by atoms with Crippen molar-refractivity contribution in [1.29, 1.82) is 0 Å². The third kappa shape index (κ3) is 6.55. The fraction of sp³-hybridized carbons (Fsp3) is 0.600. The third-order valence-corrected chi connectivity index (χ3v) is 2.75. The summed E-state index contributed by atoms with van der Waals surface area (Å²) in [7, 11) is 0. The molecule has 1 rings (SSSR count). The Morgan fingerprint density at radius 3 is 2.63 bits per heavy atom. The van der Waals surface area contributed by atoms with E-state index in [0.29, 0.717) is 32.1 Å². The maximum atomic E-state index is 13.6. The van der Waals surface area contributed by atoms with E-state index in [1.807, 2.05) is 6.07 Å². The second-order valence-electron chi connectivity index (χ2n) is 4.95. The summed E-state index contributed by atoms with van der Waals surface area (Å²) >= 11 is 0. The van der Waals surface area contributed by atoms with Gasteiger partial charge in [-0.1, -0.05) is 19.9 Å². The lowest BCUT2D eigenvalue weighted by molar-refractivity contribution is 0.0913. The van der Waals surface area contributed by atoms with E-state index >= 15 is 0 Å². The monoisotopic (exact) mass is 269 g/mol. The molecular formula is C15H24FNO2. The van der Waals surface area contributed by atoms with Crippen LogP contribution in [0.25, 0.3) is 0 Å². The van der Waals surface area contributed by atoms with Crippen LogP contribution < -0.4 is 10.5 Å². The molecule has 4 heteroatoms. The van der Waals surface area contributed by atoms with Gasteiger partial charge >= 0.3 is 0 Å². The molecular weight excluding hydrogens is 245 g/mol. The SMILES string of the molecule is CC(C)CCOCCOc1ccc(CCN)cc1F. The zero-order chi connectivity index (χ0) is 14.1. The molecule has 0 heterocycles. The molecule has 1 aromatic rings. The molecule has 0 saturated carbocycles. The molecule has 0 fully saturated rings. The lowest BCUT2D eigenvalue weighted by atomic mass is 10.1. The van der Waals surface area contributed by atoms with E-state index in [2.05, 4.69) is 13.8 Å². The Bertz CT molecular complexity index is 369. The quantitative estimate of drug-likeness (QED) is 0.701. The second kappa shape index (κ2) is 8.88. The molecule has 1 aromatic carbocycles. The third-order valence-electron chi connectivity index (χ3n) is 2.75. The van der Waals surface area contributed by atoms with Gasteiger partial charge in [0.05, 0.1) is 6.61 Å². The Hall–Kier alpha value is -1.13. The van der Waals surface area contributed by atoms with Gasteiger partial charge in [-0.05, 0) is 43.0 Å². The fourth-order valence-corrected chi connectivity index (χ4v) is 1.62. The Morgan fingerprint density at radius 1 is 1.21 bits per heavy atom. The molecule has 0 aliphatic heterocycles. The molecule has 0 aliphatic carbocycles. The summed E-state index contributed by atoms with van der Waals surface area (Å²) in [5.74, 6) is 0.565. The predicted molar refractivity (Wildman–Crippen MR) is 74.9 cm³/mol. The van der Waals surface area contributed by atoms with Crippen LogP contribution in [-0.2, 0) is 11.2 Å². The summed E-state index contributed by atoms with van der Waals surface area (Å²) in [6, 6.07) is 4.96. The first-order valence-electron chi connectivity index (χ1n) is 6.82. The molecule has 0 aliphatic rings.